The van der Waals surface area contributed by atoms with Gasteiger partial charge < -0.3 is 10.8 Å². The van der Waals surface area contributed by atoms with Gasteiger partial charge in [-0.15, -0.1) is 0 Å². The van der Waals surface area contributed by atoms with Crippen molar-refractivity contribution in [2.24, 2.45) is 0 Å². The lowest BCUT2D eigenvalue weighted by molar-refractivity contribution is 0.0696. The molecule has 0 atom stereocenters. The van der Waals surface area contributed by atoms with Crippen LogP contribution in [0.5, 0.6) is 0 Å². The molecule has 3 N–H and O–H groups in total. The number of rotatable bonds is 2. The van der Waals surface area contributed by atoms with Crippen LogP contribution in [0.4, 0.5) is 5.69 Å². The molecule has 0 aliphatic heterocycles. The van der Waals surface area contributed by atoms with Crippen molar-refractivity contribution in [3.05, 3.63) is 35.8 Å². The summed E-state index contributed by atoms with van der Waals surface area (Å²) < 4.78 is 1.50. The highest BCUT2D eigenvalue weighted by Crippen LogP contribution is 2.14. The van der Waals surface area contributed by atoms with Crippen molar-refractivity contribution in [3.63, 3.8) is 0 Å². The van der Waals surface area contributed by atoms with Crippen LogP contribution in [0.25, 0.3) is 5.82 Å². The molecule has 0 aromatic carbocycles. The number of anilines is 1. The molecule has 6 nitrogen and oxygen atoms in total. The minimum atomic E-state index is -0.999. The van der Waals surface area contributed by atoms with Crippen LogP contribution in [0.3, 0.4) is 0 Å². The van der Waals surface area contributed by atoms with Gasteiger partial charge >= 0.3 is 5.97 Å². The molecule has 0 aliphatic rings. The van der Waals surface area contributed by atoms with Crippen LogP contribution in [-0.4, -0.2) is 25.8 Å². The van der Waals surface area contributed by atoms with Crippen LogP contribution in [0, 0.1) is 6.92 Å². The average Bonchev–Trinajstić information content (AvgIpc) is 2.60. The number of nitrogens with zero attached hydrogens (tertiary/aromatic N) is 3. The molecule has 0 amide bonds. The Labute approximate surface area is 91.3 Å². The van der Waals surface area contributed by atoms with Gasteiger partial charge in [0.25, 0.3) is 0 Å². The fourth-order valence-electron chi connectivity index (χ4n) is 1.32. The number of hydrogen-bond acceptors (Lipinski definition) is 4. The first kappa shape index (κ1) is 10.2. The zero-order chi connectivity index (χ0) is 11.7. The second kappa shape index (κ2) is 3.65. The molecule has 0 radical (unpaired) electrons. The quantitative estimate of drug-likeness (QED) is 0.779. The van der Waals surface area contributed by atoms with E-state index in [1.54, 1.807) is 6.92 Å². The van der Waals surface area contributed by atoms with E-state index in [1.807, 2.05) is 0 Å². The maximum atomic E-state index is 10.8. The molecule has 0 saturated carbocycles. The van der Waals surface area contributed by atoms with Gasteiger partial charge in [-0.1, -0.05) is 0 Å². The van der Waals surface area contributed by atoms with Gasteiger partial charge in [-0.3, -0.25) is 0 Å². The van der Waals surface area contributed by atoms with Crippen molar-refractivity contribution in [2.75, 3.05) is 5.73 Å². The number of carboxylic acids is 1. The third-order valence-electron chi connectivity index (χ3n) is 2.26. The van der Waals surface area contributed by atoms with Crippen LogP contribution >= 0.6 is 0 Å². The Balaban J connectivity index is 2.52. The summed E-state index contributed by atoms with van der Waals surface area (Å²) in [7, 11) is 0. The predicted molar refractivity (Wildman–Crippen MR) is 57.5 cm³/mol. The first-order valence-corrected chi connectivity index (χ1v) is 4.59. The molecule has 2 aromatic rings. The largest absolute Gasteiger partial charge is 0.478 e. The smallest absolute Gasteiger partial charge is 0.335 e. The Morgan fingerprint density at radius 1 is 1.56 bits per heavy atom. The summed E-state index contributed by atoms with van der Waals surface area (Å²) in [4.78, 5) is 14.8. The van der Waals surface area contributed by atoms with Gasteiger partial charge in [-0.05, 0) is 19.1 Å². The molecule has 0 aliphatic carbocycles. The summed E-state index contributed by atoms with van der Waals surface area (Å²) in [6.45, 7) is 1.79. The Bertz CT molecular complexity index is 548. The summed E-state index contributed by atoms with van der Waals surface area (Å²) in [5, 5.41) is 12.9. The van der Waals surface area contributed by atoms with Crippen molar-refractivity contribution in [1.29, 1.82) is 0 Å². The lowest BCUT2D eigenvalue weighted by Gasteiger charge is -2.03. The fourth-order valence-corrected chi connectivity index (χ4v) is 1.32. The van der Waals surface area contributed by atoms with E-state index < -0.39 is 5.97 Å². The lowest BCUT2D eigenvalue weighted by Crippen LogP contribution is -2.05. The summed E-state index contributed by atoms with van der Waals surface area (Å²) in [6, 6.07) is 2.87. The maximum absolute atomic E-state index is 10.8. The number of hydrogen-bond donors (Lipinski definition) is 2. The molecule has 2 aromatic heterocycles. The van der Waals surface area contributed by atoms with E-state index in [0.717, 1.165) is 5.69 Å². The number of nitrogen functional groups attached to an aromatic ring is 1. The zero-order valence-corrected chi connectivity index (χ0v) is 8.58. The van der Waals surface area contributed by atoms with E-state index in [2.05, 4.69) is 10.1 Å². The molecule has 2 heterocycles. The number of aromatic nitrogens is 3. The minimum absolute atomic E-state index is 0.165. The van der Waals surface area contributed by atoms with E-state index in [9.17, 15) is 4.79 Å². The molecule has 0 fully saturated rings. The summed E-state index contributed by atoms with van der Waals surface area (Å²) >= 11 is 0. The predicted octanol–water partition coefficient (Wildman–Crippen LogP) is 0.856. The summed E-state index contributed by atoms with van der Waals surface area (Å²) in [5.74, 6) is -0.560. The van der Waals surface area contributed by atoms with Crippen molar-refractivity contribution in [3.8, 4) is 5.82 Å². The highest BCUT2D eigenvalue weighted by molar-refractivity contribution is 5.87. The lowest BCUT2D eigenvalue weighted by atomic mass is 10.2. The van der Waals surface area contributed by atoms with Crippen molar-refractivity contribution in [2.45, 2.75) is 6.92 Å². The molecule has 0 unspecified atom stereocenters. The molecule has 0 saturated heterocycles. The van der Waals surface area contributed by atoms with E-state index in [1.165, 1.54) is 29.2 Å². The molecule has 2 rings (SSSR count). The van der Waals surface area contributed by atoms with Crippen molar-refractivity contribution < 1.29 is 9.90 Å². The van der Waals surface area contributed by atoms with E-state index in [-0.39, 0.29) is 5.56 Å². The highest BCUT2D eigenvalue weighted by atomic mass is 16.4. The van der Waals surface area contributed by atoms with Crippen molar-refractivity contribution in [1.82, 2.24) is 14.8 Å². The number of pyridine rings is 1. The molecule has 6 heteroatoms. The van der Waals surface area contributed by atoms with Crippen LogP contribution < -0.4 is 5.73 Å². The van der Waals surface area contributed by atoms with Gasteiger partial charge in [-0.2, -0.15) is 5.10 Å². The first-order chi connectivity index (χ1) is 7.59. The Morgan fingerprint density at radius 3 is 2.88 bits per heavy atom. The zero-order valence-electron chi connectivity index (χ0n) is 8.58. The minimum Gasteiger partial charge on any atom is -0.478 e. The molecule has 0 bridgehead atoms. The van der Waals surface area contributed by atoms with Crippen molar-refractivity contribution >= 4 is 11.7 Å². The molecule has 82 valence electrons. The van der Waals surface area contributed by atoms with Crippen LogP contribution in [-0.2, 0) is 0 Å². The topological polar surface area (TPSA) is 94.0 Å². The standard InChI is InChI=1S/C10H10N4O2/c1-6-8(11)5-13-14(6)9-4-7(10(15)16)2-3-12-9/h2-5H,11H2,1H3,(H,15,16). The van der Waals surface area contributed by atoms with E-state index in [4.69, 9.17) is 10.8 Å². The Kier molecular flexibility index (Phi) is 2.32. The first-order valence-electron chi connectivity index (χ1n) is 4.59. The molecular weight excluding hydrogens is 208 g/mol. The van der Waals surface area contributed by atoms with E-state index in [0.29, 0.717) is 11.5 Å². The maximum Gasteiger partial charge on any atom is 0.335 e. The Morgan fingerprint density at radius 2 is 2.31 bits per heavy atom. The van der Waals surface area contributed by atoms with Crippen LogP contribution in [0.1, 0.15) is 16.1 Å². The SMILES string of the molecule is Cc1c(N)cnn1-c1cc(C(=O)O)ccn1. The normalized spacial score (nSPS) is 10.3. The monoisotopic (exact) mass is 218 g/mol. The van der Waals surface area contributed by atoms with Gasteiger partial charge in [0.2, 0.25) is 0 Å². The van der Waals surface area contributed by atoms with Crippen LogP contribution in [0.2, 0.25) is 0 Å². The number of carbonyl (C=O) groups is 1. The number of carboxylic acid groups (broad SMARTS) is 1. The van der Waals surface area contributed by atoms with Gasteiger partial charge in [0.1, 0.15) is 0 Å². The number of nitrogens with two attached hydrogens (primary N) is 1. The summed E-state index contributed by atoms with van der Waals surface area (Å²) in [5.41, 5.74) is 7.09. The Hall–Kier alpha value is -2.37. The summed E-state index contributed by atoms with van der Waals surface area (Å²) in [6.07, 6.45) is 2.93. The average molecular weight is 218 g/mol. The third-order valence-corrected chi connectivity index (χ3v) is 2.26. The second-order valence-electron chi connectivity index (χ2n) is 3.30. The van der Waals surface area contributed by atoms with Gasteiger partial charge in [0.05, 0.1) is 23.1 Å². The number of aromatic carboxylic acids is 1. The molecule has 16 heavy (non-hydrogen) atoms. The third kappa shape index (κ3) is 1.60. The fraction of sp³-hybridized carbons (Fsp3) is 0.100. The van der Waals surface area contributed by atoms with Gasteiger partial charge in [0, 0.05) is 6.20 Å². The second-order valence-corrected chi connectivity index (χ2v) is 3.30. The molecular formula is C10H10N4O2. The van der Waals surface area contributed by atoms with Gasteiger partial charge in [0.15, 0.2) is 5.82 Å². The van der Waals surface area contributed by atoms with E-state index >= 15 is 0 Å². The van der Waals surface area contributed by atoms with Crippen LogP contribution in [0.15, 0.2) is 24.5 Å². The highest BCUT2D eigenvalue weighted by Gasteiger charge is 2.09. The van der Waals surface area contributed by atoms with Gasteiger partial charge in [-0.25, -0.2) is 14.5 Å². The molecule has 0 spiro atoms.